The Morgan fingerprint density at radius 2 is 2.05 bits per heavy atom. The van der Waals surface area contributed by atoms with E-state index in [9.17, 15) is 13.2 Å². The zero-order valence-electron chi connectivity index (χ0n) is 12.8. The standard InChI is InChI=1S/C15H21F3N4/c1-21(2)13(10-20-14(19)22-7-4-8-22)11-5-3-6-12(9-11)15(16,17)18/h3,5-6,9,13H,4,7-8,10H2,1-2H3,(H2,19,20). The van der Waals surface area contributed by atoms with Gasteiger partial charge in [0.2, 0.25) is 0 Å². The lowest BCUT2D eigenvalue weighted by Gasteiger charge is -2.32. The van der Waals surface area contributed by atoms with Gasteiger partial charge in [0.15, 0.2) is 5.96 Å². The lowest BCUT2D eigenvalue weighted by atomic mass is 10.0. The highest BCUT2D eigenvalue weighted by Gasteiger charge is 2.31. The fourth-order valence-corrected chi connectivity index (χ4v) is 2.31. The van der Waals surface area contributed by atoms with Crippen molar-refractivity contribution in [1.29, 1.82) is 0 Å². The quantitative estimate of drug-likeness (QED) is 0.685. The highest BCUT2D eigenvalue weighted by atomic mass is 19.4. The Bertz CT molecular complexity index is 536. The van der Waals surface area contributed by atoms with E-state index in [0.717, 1.165) is 25.6 Å². The predicted octanol–water partition coefficient (Wildman–Crippen LogP) is 2.33. The molecule has 1 atom stereocenters. The van der Waals surface area contributed by atoms with Crippen molar-refractivity contribution in [3.8, 4) is 0 Å². The summed E-state index contributed by atoms with van der Waals surface area (Å²) in [6, 6.07) is 5.13. The van der Waals surface area contributed by atoms with Crippen molar-refractivity contribution in [1.82, 2.24) is 9.80 Å². The minimum absolute atomic E-state index is 0.248. The molecule has 0 bridgehead atoms. The molecule has 0 aliphatic carbocycles. The van der Waals surface area contributed by atoms with Crippen LogP contribution in [-0.4, -0.2) is 49.5 Å². The first-order valence-corrected chi connectivity index (χ1v) is 7.17. The van der Waals surface area contributed by atoms with Crippen LogP contribution >= 0.6 is 0 Å². The minimum atomic E-state index is -4.34. The van der Waals surface area contributed by atoms with Gasteiger partial charge in [-0.25, -0.2) is 0 Å². The number of hydrogen-bond donors (Lipinski definition) is 1. The van der Waals surface area contributed by atoms with Crippen molar-refractivity contribution in [2.75, 3.05) is 33.7 Å². The highest BCUT2D eigenvalue weighted by Crippen LogP contribution is 2.31. The van der Waals surface area contributed by atoms with E-state index < -0.39 is 11.7 Å². The maximum absolute atomic E-state index is 12.8. The molecule has 0 amide bonds. The Labute approximate surface area is 128 Å². The Balaban J connectivity index is 2.17. The molecule has 1 aliphatic heterocycles. The molecule has 22 heavy (non-hydrogen) atoms. The van der Waals surface area contributed by atoms with Crippen LogP contribution in [0.1, 0.15) is 23.6 Å². The molecule has 1 aromatic rings. The molecule has 0 spiro atoms. The lowest BCUT2D eigenvalue weighted by Crippen LogP contribution is -2.46. The SMILES string of the molecule is CN(C)C(CN=C(N)N1CCC1)c1cccc(C(F)(F)F)c1. The summed E-state index contributed by atoms with van der Waals surface area (Å²) in [4.78, 5) is 8.14. The molecule has 2 rings (SSSR count). The molecule has 0 radical (unpaired) electrons. The first kappa shape index (κ1) is 16.6. The fraction of sp³-hybridized carbons (Fsp3) is 0.533. The van der Waals surface area contributed by atoms with Gasteiger partial charge in [-0.3, -0.25) is 4.99 Å². The zero-order chi connectivity index (χ0) is 16.3. The van der Waals surface area contributed by atoms with Crippen LogP contribution < -0.4 is 5.73 Å². The van der Waals surface area contributed by atoms with Gasteiger partial charge in [0.1, 0.15) is 0 Å². The minimum Gasteiger partial charge on any atom is -0.370 e. The molecule has 0 saturated carbocycles. The monoisotopic (exact) mass is 314 g/mol. The van der Waals surface area contributed by atoms with Crippen molar-refractivity contribution in [3.63, 3.8) is 0 Å². The van der Waals surface area contributed by atoms with E-state index in [-0.39, 0.29) is 6.04 Å². The summed E-state index contributed by atoms with van der Waals surface area (Å²) in [6.45, 7) is 2.12. The molecule has 1 aromatic carbocycles. The third-order valence-electron chi connectivity index (χ3n) is 3.83. The van der Waals surface area contributed by atoms with Crippen LogP contribution in [0.4, 0.5) is 13.2 Å². The van der Waals surface area contributed by atoms with Crippen molar-refractivity contribution >= 4 is 5.96 Å². The first-order chi connectivity index (χ1) is 10.3. The average molecular weight is 314 g/mol. The highest BCUT2D eigenvalue weighted by molar-refractivity contribution is 5.78. The van der Waals surface area contributed by atoms with Gasteiger partial charge in [-0.05, 0) is 38.2 Å². The van der Waals surface area contributed by atoms with E-state index in [1.807, 2.05) is 23.9 Å². The Morgan fingerprint density at radius 3 is 2.55 bits per heavy atom. The molecular weight excluding hydrogens is 293 g/mol. The second-order valence-corrected chi connectivity index (χ2v) is 5.64. The second kappa shape index (κ2) is 6.56. The number of rotatable bonds is 4. The number of hydrogen-bond acceptors (Lipinski definition) is 2. The Kier molecular flexibility index (Phi) is 4.95. The third-order valence-corrected chi connectivity index (χ3v) is 3.83. The largest absolute Gasteiger partial charge is 0.416 e. The Morgan fingerprint density at radius 1 is 1.36 bits per heavy atom. The molecule has 1 unspecified atom stereocenters. The summed E-state index contributed by atoms with van der Waals surface area (Å²) in [5, 5.41) is 0. The van der Waals surface area contributed by atoms with Crippen LogP contribution in [0.25, 0.3) is 0 Å². The lowest BCUT2D eigenvalue weighted by molar-refractivity contribution is -0.137. The first-order valence-electron chi connectivity index (χ1n) is 7.17. The average Bonchev–Trinajstić information content (AvgIpc) is 2.35. The van der Waals surface area contributed by atoms with Crippen LogP contribution in [0.5, 0.6) is 0 Å². The van der Waals surface area contributed by atoms with Gasteiger partial charge in [-0.2, -0.15) is 13.2 Å². The molecule has 2 N–H and O–H groups in total. The van der Waals surface area contributed by atoms with Crippen LogP contribution in [0, 0.1) is 0 Å². The summed E-state index contributed by atoms with van der Waals surface area (Å²) < 4.78 is 38.5. The maximum atomic E-state index is 12.8. The second-order valence-electron chi connectivity index (χ2n) is 5.64. The fourth-order valence-electron chi connectivity index (χ4n) is 2.31. The smallest absolute Gasteiger partial charge is 0.370 e. The number of aliphatic imine (C=N–C) groups is 1. The number of guanidine groups is 1. The van der Waals surface area contributed by atoms with E-state index >= 15 is 0 Å². The zero-order valence-corrected chi connectivity index (χ0v) is 12.8. The van der Waals surface area contributed by atoms with Crippen LogP contribution in [-0.2, 0) is 6.18 Å². The van der Waals surface area contributed by atoms with Crippen molar-refractivity contribution < 1.29 is 13.2 Å². The number of likely N-dealkylation sites (N-methyl/N-ethyl adjacent to an activating group) is 1. The molecule has 1 aliphatic rings. The van der Waals surface area contributed by atoms with E-state index in [4.69, 9.17) is 5.73 Å². The topological polar surface area (TPSA) is 44.9 Å². The van der Waals surface area contributed by atoms with Gasteiger partial charge in [0, 0.05) is 13.1 Å². The summed E-state index contributed by atoms with van der Waals surface area (Å²) in [6.07, 6.45) is -3.24. The third kappa shape index (κ3) is 3.91. The summed E-state index contributed by atoms with van der Waals surface area (Å²) in [5.74, 6) is 0.463. The number of alkyl halides is 3. The summed E-state index contributed by atoms with van der Waals surface area (Å²) in [7, 11) is 3.64. The maximum Gasteiger partial charge on any atom is 0.416 e. The van der Waals surface area contributed by atoms with Crippen molar-refractivity contribution in [3.05, 3.63) is 35.4 Å². The molecule has 7 heteroatoms. The summed E-state index contributed by atoms with van der Waals surface area (Å²) in [5.41, 5.74) is 5.82. The van der Waals surface area contributed by atoms with Crippen molar-refractivity contribution in [2.24, 2.45) is 10.7 Å². The number of nitrogens with zero attached hydrogens (tertiary/aromatic N) is 3. The van der Waals surface area contributed by atoms with Crippen molar-refractivity contribution in [2.45, 2.75) is 18.6 Å². The van der Waals surface area contributed by atoms with E-state index in [0.29, 0.717) is 18.1 Å². The molecule has 122 valence electrons. The van der Waals surface area contributed by atoms with Gasteiger partial charge in [-0.15, -0.1) is 0 Å². The van der Waals surface area contributed by atoms with Gasteiger partial charge in [0.25, 0.3) is 0 Å². The van der Waals surface area contributed by atoms with Gasteiger partial charge in [-0.1, -0.05) is 12.1 Å². The van der Waals surface area contributed by atoms with Gasteiger partial charge < -0.3 is 15.5 Å². The number of nitrogens with two attached hydrogens (primary N) is 1. The normalized spacial score (nSPS) is 17.5. The predicted molar refractivity (Wildman–Crippen MR) is 80.6 cm³/mol. The van der Waals surface area contributed by atoms with E-state index in [1.165, 1.54) is 12.1 Å². The molecule has 1 saturated heterocycles. The van der Waals surface area contributed by atoms with Gasteiger partial charge in [0.05, 0.1) is 18.2 Å². The molecule has 1 heterocycles. The molecule has 0 aromatic heterocycles. The van der Waals surface area contributed by atoms with E-state index in [1.54, 1.807) is 6.07 Å². The number of benzene rings is 1. The molecule has 1 fully saturated rings. The number of likely N-dealkylation sites (tertiary alicyclic amines) is 1. The van der Waals surface area contributed by atoms with Crippen LogP contribution in [0.15, 0.2) is 29.3 Å². The Hall–Kier alpha value is -1.76. The molecule has 4 nitrogen and oxygen atoms in total. The van der Waals surface area contributed by atoms with Gasteiger partial charge >= 0.3 is 6.18 Å². The van der Waals surface area contributed by atoms with E-state index in [2.05, 4.69) is 4.99 Å². The number of halogens is 3. The van der Waals surface area contributed by atoms with Crippen LogP contribution in [0.3, 0.4) is 0 Å². The summed E-state index contributed by atoms with van der Waals surface area (Å²) >= 11 is 0. The molecular formula is C15H21F3N4. The van der Waals surface area contributed by atoms with Crippen LogP contribution in [0.2, 0.25) is 0 Å².